The third-order valence-corrected chi connectivity index (χ3v) is 3.62. The van der Waals surface area contributed by atoms with Crippen LogP contribution in [-0.4, -0.2) is 28.9 Å². The maximum atomic E-state index is 12.3. The second-order valence-corrected chi connectivity index (χ2v) is 5.10. The number of carbonyl (C=O) groups is 1. The topological polar surface area (TPSA) is 82.2 Å². The van der Waals surface area contributed by atoms with Crippen molar-refractivity contribution in [2.24, 2.45) is 5.92 Å². The van der Waals surface area contributed by atoms with Gasteiger partial charge < -0.3 is 15.8 Å². The summed E-state index contributed by atoms with van der Waals surface area (Å²) in [6.45, 7) is 1.30. The van der Waals surface area contributed by atoms with Crippen molar-refractivity contribution < 1.29 is 9.53 Å². The van der Waals surface area contributed by atoms with Gasteiger partial charge in [-0.25, -0.2) is 4.68 Å². The van der Waals surface area contributed by atoms with Crippen LogP contribution in [0.5, 0.6) is 0 Å². The number of carbonyl (C=O) groups excluding carboxylic acids is 1. The highest BCUT2D eigenvalue weighted by molar-refractivity contribution is 5.92. The minimum atomic E-state index is 0.00789. The summed E-state index contributed by atoms with van der Waals surface area (Å²) in [6, 6.07) is 9.13. The number of anilines is 2. The van der Waals surface area contributed by atoms with Crippen molar-refractivity contribution >= 4 is 17.4 Å². The van der Waals surface area contributed by atoms with Crippen molar-refractivity contribution in [2.45, 2.75) is 12.8 Å². The van der Waals surface area contributed by atoms with Gasteiger partial charge in [0.1, 0.15) is 5.82 Å². The molecule has 0 bridgehead atoms. The average molecular weight is 286 g/mol. The Balaban J connectivity index is 1.76. The van der Waals surface area contributed by atoms with E-state index in [0.29, 0.717) is 24.7 Å². The van der Waals surface area contributed by atoms with Crippen LogP contribution in [0.2, 0.25) is 0 Å². The lowest BCUT2D eigenvalue weighted by atomic mass is 9.99. The Morgan fingerprint density at radius 1 is 1.24 bits per heavy atom. The van der Waals surface area contributed by atoms with Crippen LogP contribution in [0.15, 0.2) is 36.5 Å². The zero-order chi connectivity index (χ0) is 14.7. The van der Waals surface area contributed by atoms with E-state index in [2.05, 4.69) is 10.4 Å². The highest BCUT2D eigenvalue weighted by Gasteiger charge is 2.22. The second-order valence-electron chi connectivity index (χ2n) is 5.10. The molecule has 0 spiro atoms. The van der Waals surface area contributed by atoms with E-state index in [1.807, 2.05) is 12.1 Å². The Hall–Kier alpha value is -2.34. The van der Waals surface area contributed by atoms with Gasteiger partial charge in [-0.15, -0.1) is 0 Å². The van der Waals surface area contributed by atoms with E-state index in [0.717, 1.165) is 18.5 Å². The first-order chi connectivity index (χ1) is 10.2. The van der Waals surface area contributed by atoms with E-state index in [-0.39, 0.29) is 11.8 Å². The Bertz CT molecular complexity index is 615. The van der Waals surface area contributed by atoms with Crippen LogP contribution >= 0.6 is 0 Å². The zero-order valence-corrected chi connectivity index (χ0v) is 11.7. The van der Waals surface area contributed by atoms with Crippen LogP contribution < -0.4 is 11.1 Å². The molecular weight excluding hydrogens is 268 g/mol. The third-order valence-electron chi connectivity index (χ3n) is 3.62. The number of amides is 1. The van der Waals surface area contributed by atoms with Gasteiger partial charge in [-0.1, -0.05) is 0 Å². The predicted octanol–water partition coefficient (Wildman–Crippen LogP) is 1.82. The molecule has 0 atom stereocenters. The molecule has 6 nitrogen and oxygen atoms in total. The molecule has 1 aromatic heterocycles. The number of nitrogen functional groups attached to an aromatic ring is 1. The predicted molar refractivity (Wildman–Crippen MR) is 80.1 cm³/mol. The maximum absolute atomic E-state index is 12.3. The average Bonchev–Trinajstić information content (AvgIpc) is 2.97. The van der Waals surface area contributed by atoms with E-state index in [9.17, 15) is 4.79 Å². The largest absolute Gasteiger partial charge is 0.399 e. The quantitative estimate of drug-likeness (QED) is 0.843. The number of aromatic nitrogens is 2. The summed E-state index contributed by atoms with van der Waals surface area (Å²) in [5.74, 6) is 0.695. The Labute approximate surface area is 122 Å². The van der Waals surface area contributed by atoms with Gasteiger partial charge in [-0.05, 0) is 37.1 Å². The van der Waals surface area contributed by atoms with Crippen LogP contribution in [0.1, 0.15) is 12.8 Å². The lowest BCUT2D eigenvalue weighted by Crippen LogP contribution is -2.29. The molecular formula is C15H18N4O2. The molecule has 1 fully saturated rings. The summed E-state index contributed by atoms with van der Waals surface area (Å²) in [5.41, 5.74) is 7.24. The van der Waals surface area contributed by atoms with Crippen molar-refractivity contribution in [3.63, 3.8) is 0 Å². The van der Waals surface area contributed by atoms with Crippen molar-refractivity contribution in [1.82, 2.24) is 9.78 Å². The first-order valence-electron chi connectivity index (χ1n) is 7.02. The van der Waals surface area contributed by atoms with Gasteiger partial charge in [0.15, 0.2) is 0 Å². The van der Waals surface area contributed by atoms with Gasteiger partial charge >= 0.3 is 0 Å². The molecule has 6 heteroatoms. The minimum absolute atomic E-state index is 0.00789. The first kappa shape index (κ1) is 13.6. The molecule has 1 aliphatic rings. The highest BCUT2D eigenvalue weighted by Crippen LogP contribution is 2.20. The number of benzene rings is 1. The fourth-order valence-corrected chi connectivity index (χ4v) is 2.41. The van der Waals surface area contributed by atoms with Gasteiger partial charge in [0.05, 0.1) is 11.9 Å². The molecule has 110 valence electrons. The van der Waals surface area contributed by atoms with E-state index in [1.165, 1.54) is 0 Å². The molecule has 3 N–H and O–H groups in total. The Morgan fingerprint density at radius 3 is 2.67 bits per heavy atom. The van der Waals surface area contributed by atoms with Crippen LogP contribution in [0.3, 0.4) is 0 Å². The smallest absolute Gasteiger partial charge is 0.228 e. The summed E-state index contributed by atoms with van der Waals surface area (Å²) < 4.78 is 6.97. The molecule has 0 aliphatic carbocycles. The van der Waals surface area contributed by atoms with E-state index in [4.69, 9.17) is 10.5 Å². The first-order valence-corrected chi connectivity index (χ1v) is 7.02. The molecule has 0 radical (unpaired) electrons. The molecule has 3 rings (SSSR count). The second kappa shape index (κ2) is 5.97. The number of hydrogen-bond donors (Lipinski definition) is 2. The van der Waals surface area contributed by atoms with Crippen molar-refractivity contribution in [1.29, 1.82) is 0 Å². The number of hydrogen-bond acceptors (Lipinski definition) is 4. The molecule has 0 unspecified atom stereocenters. The summed E-state index contributed by atoms with van der Waals surface area (Å²) in [7, 11) is 0. The fraction of sp³-hybridized carbons (Fsp3) is 0.333. The summed E-state index contributed by atoms with van der Waals surface area (Å²) >= 11 is 0. The fourth-order valence-electron chi connectivity index (χ4n) is 2.41. The van der Waals surface area contributed by atoms with Crippen LogP contribution in [0.4, 0.5) is 11.5 Å². The van der Waals surface area contributed by atoms with Gasteiger partial charge in [0.2, 0.25) is 5.91 Å². The van der Waals surface area contributed by atoms with E-state index >= 15 is 0 Å². The number of rotatable bonds is 3. The lowest BCUT2D eigenvalue weighted by Gasteiger charge is -2.21. The minimum Gasteiger partial charge on any atom is -0.399 e. The Morgan fingerprint density at radius 2 is 1.95 bits per heavy atom. The van der Waals surface area contributed by atoms with Gasteiger partial charge in [0.25, 0.3) is 0 Å². The lowest BCUT2D eigenvalue weighted by molar-refractivity contribution is -0.122. The van der Waals surface area contributed by atoms with Crippen LogP contribution in [0, 0.1) is 5.92 Å². The van der Waals surface area contributed by atoms with E-state index in [1.54, 1.807) is 29.1 Å². The molecule has 1 saturated heterocycles. The molecule has 0 saturated carbocycles. The SMILES string of the molecule is Nc1ccc(-n2nccc2NC(=O)C2CCOCC2)cc1. The van der Waals surface area contributed by atoms with Crippen molar-refractivity contribution in [3.05, 3.63) is 36.5 Å². The molecule has 1 amide bonds. The number of nitrogens with zero attached hydrogens (tertiary/aromatic N) is 2. The summed E-state index contributed by atoms with van der Waals surface area (Å²) in [4.78, 5) is 12.3. The monoisotopic (exact) mass is 286 g/mol. The number of nitrogens with one attached hydrogen (secondary N) is 1. The van der Waals surface area contributed by atoms with Crippen molar-refractivity contribution in [3.8, 4) is 5.69 Å². The third kappa shape index (κ3) is 3.05. The number of nitrogens with two attached hydrogens (primary N) is 1. The maximum Gasteiger partial charge on any atom is 0.228 e. The number of ether oxygens (including phenoxy) is 1. The molecule has 1 aliphatic heterocycles. The van der Waals surface area contributed by atoms with Crippen LogP contribution in [-0.2, 0) is 9.53 Å². The van der Waals surface area contributed by atoms with E-state index < -0.39 is 0 Å². The zero-order valence-electron chi connectivity index (χ0n) is 11.7. The summed E-state index contributed by atoms with van der Waals surface area (Å²) in [6.07, 6.45) is 3.19. The van der Waals surface area contributed by atoms with Gasteiger partial charge in [-0.2, -0.15) is 5.10 Å². The van der Waals surface area contributed by atoms with Gasteiger partial charge in [0, 0.05) is 30.9 Å². The Kier molecular flexibility index (Phi) is 3.87. The van der Waals surface area contributed by atoms with Crippen molar-refractivity contribution in [2.75, 3.05) is 24.3 Å². The molecule has 1 aromatic carbocycles. The molecule has 21 heavy (non-hydrogen) atoms. The van der Waals surface area contributed by atoms with Crippen LogP contribution in [0.25, 0.3) is 5.69 Å². The normalized spacial score (nSPS) is 15.8. The highest BCUT2D eigenvalue weighted by atomic mass is 16.5. The van der Waals surface area contributed by atoms with Gasteiger partial charge in [-0.3, -0.25) is 4.79 Å². The molecule has 2 heterocycles. The molecule has 2 aromatic rings. The standard InChI is InChI=1S/C15H18N4O2/c16-12-1-3-13(4-2-12)19-14(5-8-17-19)18-15(20)11-6-9-21-10-7-11/h1-5,8,11H,6-7,9-10,16H2,(H,18,20). The summed E-state index contributed by atoms with van der Waals surface area (Å²) in [5, 5.41) is 7.20.